The second-order valence-corrected chi connectivity index (χ2v) is 10.1. The van der Waals surface area contributed by atoms with E-state index >= 15 is 0 Å². The van der Waals surface area contributed by atoms with Gasteiger partial charge in [-0.3, -0.25) is 4.90 Å². The highest BCUT2D eigenvalue weighted by Crippen LogP contribution is 2.24. The summed E-state index contributed by atoms with van der Waals surface area (Å²) in [7, 11) is -3.50. The van der Waals surface area contributed by atoms with Crippen LogP contribution >= 0.6 is 11.3 Å². The van der Waals surface area contributed by atoms with Gasteiger partial charge in [-0.15, -0.1) is 11.3 Å². The van der Waals surface area contributed by atoms with Gasteiger partial charge in [0, 0.05) is 37.7 Å². The maximum Gasteiger partial charge on any atom is 0.276 e. The van der Waals surface area contributed by atoms with Gasteiger partial charge in [-0.05, 0) is 49.3 Å². The van der Waals surface area contributed by atoms with Crippen LogP contribution in [0.25, 0.3) is 0 Å². The van der Waals surface area contributed by atoms with E-state index in [0.29, 0.717) is 25.4 Å². The number of furan rings is 1. The zero-order valence-electron chi connectivity index (χ0n) is 15.4. The molecule has 6 nitrogen and oxygen atoms in total. The fourth-order valence-electron chi connectivity index (χ4n) is 3.74. The Morgan fingerprint density at radius 3 is 2.70 bits per heavy atom. The van der Waals surface area contributed by atoms with E-state index in [9.17, 15) is 8.42 Å². The van der Waals surface area contributed by atoms with E-state index in [2.05, 4.69) is 22.4 Å². The lowest BCUT2D eigenvalue weighted by Crippen LogP contribution is -2.31. The largest absolute Gasteiger partial charge is 0.447 e. The van der Waals surface area contributed by atoms with E-state index in [1.54, 1.807) is 23.5 Å². The summed E-state index contributed by atoms with van der Waals surface area (Å²) in [5.41, 5.74) is 0. The van der Waals surface area contributed by atoms with Gasteiger partial charge in [0.05, 0.1) is 12.6 Å². The molecule has 0 N–H and O–H groups in total. The Kier molecular flexibility index (Phi) is 5.99. The summed E-state index contributed by atoms with van der Waals surface area (Å²) < 4.78 is 38.4. The van der Waals surface area contributed by atoms with Crippen LogP contribution in [0.5, 0.6) is 0 Å². The highest BCUT2D eigenvalue weighted by molar-refractivity contribution is 7.89. The van der Waals surface area contributed by atoms with Crippen molar-refractivity contribution >= 4 is 21.4 Å². The third-order valence-electron chi connectivity index (χ3n) is 5.12. The Morgan fingerprint density at radius 1 is 1.15 bits per heavy atom. The van der Waals surface area contributed by atoms with Gasteiger partial charge < -0.3 is 9.15 Å². The lowest BCUT2D eigenvalue weighted by atomic mass is 10.2. The zero-order chi connectivity index (χ0) is 18.7. The fourth-order valence-corrected chi connectivity index (χ4v) is 5.93. The third kappa shape index (κ3) is 4.63. The molecule has 2 aromatic heterocycles. The average Bonchev–Trinajstić information content (AvgIpc) is 3.43. The second-order valence-electron chi connectivity index (χ2n) is 7.22. The van der Waals surface area contributed by atoms with Crippen molar-refractivity contribution in [3.63, 3.8) is 0 Å². The van der Waals surface area contributed by atoms with Crippen molar-refractivity contribution in [3.05, 3.63) is 40.3 Å². The van der Waals surface area contributed by atoms with Crippen LogP contribution in [-0.2, 0) is 27.8 Å². The van der Waals surface area contributed by atoms with Gasteiger partial charge in [0.15, 0.2) is 0 Å². The predicted molar refractivity (Wildman–Crippen MR) is 104 cm³/mol. The van der Waals surface area contributed by atoms with Crippen LogP contribution in [-0.4, -0.2) is 50.0 Å². The van der Waals surface area contributed by atoms with Gasteiger partial charge in [0.1, 0.15) is 5.76 Å². The van der Waals surface area contributed by atoms with Crippen molar-refractivity contribution in [1.29, 1.82) is 0 Å². The Bertz CT molecular complexity index is 820. The second kappa shape index (κ2) is 8.45. The number of sulfonamides is 1. The van der Waals surface area contributed by atoms with Gasteiger partial charge in [-0.2, -0.15) is 4.31 Å². The van der Waals surface area contributed by atoms with Crippen molar-refractivity contribution in [2.75, 3.05) is 26.2 Å². The molecule has 0 saturated carbocycles. The minimum absolute atomic E-state index is 0.0626. The molecule has 0 aromatic carbocycles. The van der Waals surface area contributed by atoms with E-state index in [4.69, 9.17) is 9.15 Å². The normalized spacial score (nSPS) is 21.4. The van der Waals surface area contributed by atoms with Gasteiger partial charge in [-0.1, -0.05) is 6.07 Å². The van der Waals surface area contributed by atoms with Crippen molar-refractivity contribution in [3.8, 4) is 0 Å². The standard InChI is InChI=1S/C19H26N2O4S2/c22-27(23,21-9-1-2-10-21)19-8-7-17(25-19)14-20(13-16-5-3-11-24-16)15-18-6-4-12-26-18/h4,6-8,12,16H,1-3,5,9-11,13-15H2/t16-/m0/s1. The lowest BCUT2D eigenvalue weighted by molar-refractivity contribution is 0.0653. The molecule has 0 aliphatic carbocycles. The predicted octanol–water partition coefficient (Wildman–Crippen LogP) is 3.31. The number of hydrogen-bond donors (Lipinski definition) is 0. The fraction of sp³-hybridized carbons (Fsp3) is 0.579. The van der Waals surface area contributed by atoms with Gasteiger partial charge in [0.25, 0.3) is 10.0 Å². The Balaban J connectivity index is 1.46. The molecule has 0 spiro atoms. The monoisotopic (exact) mass is 410 g/mol. The molecule has 2 aliphatic rings. The summed E-state index contributed by atoms with van der Waals surface area (Å²) in [5.74, 6) is 0.683. The number of ether oxygens (including phenoxy) is 1. The van der Waals surface area contributed by atoms with Crippen LogP contribution in [0.4, 0.5) is 0 Å². The summed E-state index contributed by atoms with van der Waals surface area (Å²) in [6.45, 7) is 4.22. The molecule has 4 rings (SSSR count). The van der Waals surface area contributed by atoms with Gasteiger partial charge in [0.2, 0.25) is 5.09 Å². The van der Waals surface area contributed by atoms with E-state index in [1.165, 1.54) is 9.18 Å². The molecule has 1 atom stereocenters. The van der Waals surface area contributed by atoms with E-state index in [1.807, 2.05) is 0 Å². The minimum atomic E-state index is -3.50. The molecular weight excluding hydrogens is 384 g/mol. The Labute approximate surface area is 164 Å². The summed E-state index contributed by atoms with van der Waals surface area (Å²) in [6.07, 6.45) is 4.27. The van der Waals surface area contributed by atoms with Crippen LogP contribution in [0, 0.1) is 0 Å². The average molecular weight is 411 g/mol. The molecule has 0 bridgehead atoms. The number of hydrogen-bond acceptors (Lipinski definition) is 6. The van der Waals surface area contributed by atoms with Crippen LogP contribution < -0.4 is 0 Å². The molecule has 27 heavy (non-hydrogen) atoms. The molecule has 8 heteroatoms. The van der Waals surface area contributed by atoms with E-state index < -0.39 is 10.0 Å². The molecule has 148 valence electrons. The third-order valence-corrected chi connectivity index (χ3v) is 7.76. The first kappa shape index (κ1) is 19.1. The molecule has 0 unspecified atom stereocenters. The van der Waals surface area contributed by atoms with Crippen molar-refractivity contribution < 1.29 is 17.6 Å². The highest BCUT2D eigenvalue weighted by Gasteiger charge is 2.30. The molecule has 0 amide bonds. The molecule has 4 heterocycles. The molecular formula is C19H26N2O4S2. The molecule has 2 saturated heterocycles. The topological polar surface area (TPSA) is 63.0 Å². The van der Waals surface area contributed by atoms with Crippen molar-refractivity contribution in [2.45, 2.75) is 50.0 Å². The Morgan fingerprint density at radius 2 is 2.00 bits per heavy atom. The molecule has 2 aliphatic heterocycles. The quantitative estimate of drug-likeness (QED) is 0.668. The number of thiophene rings is 1. The van der Waals surface area contributed by atoms with Crippen molar-refractivity contribution in [2.24, 2.45) is 0 Å². The Hall–Kier alpha value is -1.19. The van der Waals surface area contributed by atoms with Gasteiger partial charge in [-0.25, -0.2) is 8.42 Å². The summed E-state index contributed by atoms with van der Waals surface area (Å²) in [6, 6.07) is 7.56. The lowest BCUT2D eigenvalue weighted by Gasteiger charge is -2.23. The highest BCUT2D eigenvalue weighted by atomic mass is 32.2. The van der Waals surface area contributed by atoms with E-state index in [-0.39, 0.29) is 11.2 Å². The SMILES string of the molecule is O=S(=O)(c1ccc(CN(Cc2cccs2)C[C@@H]2CCCO2)o1)N1CCCC1. The summed E-state index contributed by atoms with van der Waals surface area (Å²) >= 11 is 1.73. The number of rotatable bonds is 8. The summed E-state index contributed by atoms with van der Waals surface area (Å²) in [5, 5.41) is 2.14. The first-order valence-corrected chi connectivity index (χ1v) is 11.9. The van der Waals surface area contributed by atoms with Crippen LogP contribution in [0.3, 0.4) is 0 Å². The molecule has 2 fully saturated rings. The minimum Gasteiger partial charge on any atom is -0.447 e. The van der Waals surface area contributed by atoms with Crippen molar-refractivity contribution in [1.82, 2.24) is 9.21 Å². The summed E-state index contributed by atoms with van der Waals surface area (Å²) in [4.78, 5) is 3.57. The van der Waals surface area contributed by atoms with Gasteiger partial charge >= 0.3 is 0 Å². The van der Waals surface area contributed by atoms with E-state index in [0.717, 1.165) is 45.4 Å². The molecule has 2 aromatic rings. The smallest absolute Gasteiger partial charge is 0.276 e. The zero-order valence-corrected chi connectivity index (χ0v) is 17.0. The maximum absolute atomic E-state index is 12.7. The van der Waals surface area contributed by atoms with Crippen LogP contribution in [0.2, 0.25) is 0 Å². The van der Waals surface area contributed by atoms with Crippen LogP contribution in [0.1, 0.15) is 36.3 Å². The number of nitrogens with zero attached hydrogens (tertiary/aromatic N) is 2. The first-order valence-electron chi connectivity index (χ1n) is 9.56. The maximum atomic E-state index is 12.7. The van der Waals surface area contributed by atoms with Crippen LogP contribution in [0.15, 0.2) is 39.2 Å². The molecule has 0 radical (unpaired) electrons. The first-order chi connectivity index (χ1) is 13.1.